The molecule has 0 bridgehead atoms. The second-order valence-corrected chi connectivity index (χ2v) is 21.0. The van der Waals surface area contributed by atoms with Crippen molar-refractivity contribution < 1.29 is 24.5 Å². The van der Waals surface area contributed by atoms with Gasteiger partial charge in [-0.15, -0.1) is 0 Å². The lowest BCUT2D eigenvalue weighted by Gasteiger charge is -2.22. The molecule has 0 saturated carbocycles. The third kappa shape index (κ3) is 53.8. The van der Waals surface area contributed by atoms with Gasteiger partial charge in [0.1, 0.15) is 0 Å². The van der Waals surface area contributed by atoms with Gasteiger partial charge in [-0.2, -0.15) is 0 Å². The zero-order valence-corrected chi connectivity index (χ0v) is 45.4. The van der Waals surface area contributed by atoms with E-state index in [1.807, 2.05) is 0 Å². The molecule has 0 radical (unpaired) electrons. The maximum absolute atomic E-state index is 12.5. The number of unbranched alkanes of at least 4 members (excludes halogenated alkanes) is 44. The number of carbonyl (C=O) groups excluding carboxylic acids is 2. The number of nitrogens with one attached hydrogen (secondary N) is 1. The monoisotopic (exact) mass is 946 g/mol. The molecule has 3 N–H and O–H groups in total. The van der Waals surface area contributed by atoms with Gasteiger partial charge in [0.15, 0.2) is 0 Å². The summed E-state index contributed by atoms with van der Waals surface area (Å²) in [6.45, 7) is 4.95. The van der Waals surface area contributed by atoms with Crippen LogP contribution in [0.3, 0.4) is 0 Å². The van der Waals surface area contributed by atoms with Gasteiger partial charge in [0.05, 0.1) is 25.4 Å². The van der Waals surface area contributed by atoms with Gasteiger partial charge in [0.2, 0.25) is 5.91 Å². The van der Waals surface area contributed by atoms with Gasteiger partial charge in [-0.3, -0.25) is 9.59 Å². The third-order valence-electron chi connectivity index (χ3n) is 14.3. The fourth-order valence-electron chi connectivity index (χ4n) is 9.64. The van der Waals surface area contributed by atoms with Crippen molar-refractivity contribution in [3.8, 4) is 0 Å². The minimum absolute atomic E-state index is 0.00484. The molecule has 0 heterocycles. The van der Waals surface area contributed by atoms with Crippen LogP contribution in [0.5, 0.6) is 0 Å². The van der Waals surface area contributed by atoms with E-state index < -0.39 is 12.1 Å². The number of aliphatic hydroxyl groups excluding tert-OH is 2. The summed E-state index contributed by atoms with van der Waals surface area (Å²) >= 11 is 0. The molecule has 0 aromatic heterocycles. The quantitative estimate of drug-likeness (QED) is 0.0321. The Morgan fingerprint density at radius 1 is 0.403 bits per heavy atom. The standard InChI is InChI=1S/C61H119NO5/c1-3-5-7-9-11-13-15-17-27-30-33-37-41-45-49-53-59(64)58(57-63)62-60(65)54-50-46-42-38-34-31-28-25-23-21-19-18-20-22-24-26-29-32-36-40-44-48-52-56-67-61(66)55-51-47-43-39-35-16-14-12-10-8-6-4-2/h12,14,58-59,63-64H,3-11,13,15-57H2,1-2H3,(H,62,65)/b14-12-. The Hall–Kier alpha value is -1.40. The number of rotatable bonds is 57. The van der Waals surface area contributed by atoms with E-state index in [4.69, 9.17) is 4.74 Å². The van der Waals surface area contributed by atoms with Crippen LogP contribution in [-0.4, -0.2) is 47.4 Å². The molecule has 6 nitrogen and oxygen atoms in total. The molecule has 1 amide bonds. The highest BCUT2D eigenvalue weighted by molar-refractivity contribution is 5.76. The smallest absolute Gasteiger partial charge is 0.305 e. The maximum atomic E-state index is 12.5. The average molecular weight is 947 g/mol. The number of carbonyl (C=O) groups is 2. The number of aliphatic hydroxyl groups is 2. The molecule has 0 aliphatic heterocycles. The summed E-state index contributed by atoms with van der Waals surface area (Å²) in [5, 5.41) is 23.3. The molecule has 0 rings (SSSR count). The minimum atomic E-state index is -0.663. The molecule has 67 heavy (non-hydrogen) atoms. The van der Waals surface area contributed by atoms with Gasteiger partial charge in [0, 0.05) is 12.8 Å². The molecule has 0 aliphatic rings. The van der Waals surface area contributed by atoms with Crippen molar-refractivity contribution in [2.75, 3.05) is 13.2 Å². The first-order valence-corrected chi connectivity index (χ1v) is 30.4. The normalized spacial score (nSPS) is 12.6. The molecular formula is C61H119NO5. The summed E-state index contributed by atoms with van der Waals surface area (Å²) in [4.78, 5) is 24.5. The summed E-state index contributed by atoms with van der Waals surface area (Å²) < 4.78 is 5.47. The summed E-state index contributed by atoms with van der Waals surface area (Å²) in [6, 6.07) is -0.540. The van der Waals surface area contributed by atoms with Crippen molar-refractivity contribution in [2.45, 2.75) is 353 Å². The summed E-state index contributed by atoms with van der Waals surface area (Å²) in [5.41, 5.74) is 0. The van der Waals surface area contributed by atoms with Crippen LogP contribution >= 0.6 is 0 Å². The number of amides is 1. The highest BCUT2D eigenvalue weighted by Gasteiger charge is 2.20. The van der Waals surface area contributed by atoms with Crippen LogP contribution in [0.15, 0.2) is 12.2 Å². The van der Waals surface area contributed by atoms with Crippen LogP contribution < -0.4 is 5.32 Å². The second kappa shape index (κ2) is 57.2. The van der Waals surface area contributed by atoms with E-state index in [9.17, 15) is 19.8 Å². The number of hydrogen-bond acceptors (Lipinski definition) is 5. The largest absolute Gasteiger partial charge is 0.466 e. The first-order valence-electron chi connectivity index (χ1n) is 30.4. The van der Waals surface area contributed by atoms with E-state index in [2.05, 4.69) is 31.3 Å². The lowest BCUT2D eigenvalue weighted by atomic mass is 10.0. The number of allylic oxidation sites excluding steroid dienone is 2. The van der Waals surface area contributed by atoms with Gasteiger partial charge in [-0.25, -0.2) is 0 Å². The zero-order valence-electron chi connectivity index (χ0n) is 45.4. The predicted molar refractivity (Wildman–Crippen MR) is 292 cm³/mol. The lowest BCUT2D eigenvalue weighted by Crippen LogP contribution is -2.45. The van der Waals surface area contributed by atoms with Crippen LogP contribution in [0, 0.1) is 0 Å². The van der Waals surface area contributed by atoms with Crippen molar-refractivity contribution in [3.63, 3.8) is 0 Å². The molecule has 0 saturated heterocycles. The van der Waals surface area contributed by atoms with E-state index in [1.165, 1.54) is 263 Å². The summed E-state index contributed by atoms with van der Waals surface area (Å²) in [6.07, 6.45) is 67.9. The molecule has 2 unspecified atom stereocenters. The zero-order chi connectivity index (χ0) is 48.6. The highest BCUT2D eigenvalue weighted by atomic mass is 16.5. The van der Waals surface area contributed by atoms with Crippen LogP contribution in [0.25, 0.3) is 0 Å². The molecule has 2 atom stereocenters. The predicted octanol–water partition coefficient (Wildman–Crippen LogP) is 18.9. The summed E-state index contributed by atoms with van der Waals surface area (Å²) in [5.74, 6) is -0.0273. The van der Waals surface area contributed by atoms with Crippen LogP contribution in [0.1, 0.15) is 341 Å². The van der Waals surface area contributed by atoms with E-state index >= 15 is 0 Å². The summed E-state index contributed by atoms with van der Waals surface area (Å²) in [7, 11) is 0. The Kier molecular flexibility index (Phi) is 56.0. The molecule has 0 aliphatic carbocycles. The van der Waals surface area contributed by atoms with E-state index in [1.54, 1.807) is 0 Å². The average Bonchev–Trinajstić information content (AvgIpc) is 3.33. The highest BCUT2D eigenvalue weighted by Crippen LogP contribution is 2.18. The van der Waals surface area contributed by atoms with Crippen molar-refractivity contribution in [2.24, 2.45) is 0 Å². The van der Waals surface area contributed by atoms with E-state index in [0.717, 1.165) is 44.9 Å². The Balaban J connectivity index is 3.37. The van der Waals surface area contributed by atoms with Crippen molar-refractivity contribution in [1.82, 2.24) is 5.32 Å². The molecule has 0 fully saturated rings. The van der Waals surface area contributed by atoms with Gasteiger partial charge in [-0.1, -0.05) is 289 Å². The topological polar surface area (TPSA) is 95.9 Å². The SMILES string of the molecule is CCCCC/C=C\CCCCCCCC(=O)OCCCCCCCCCCCCCCCCCCCCCCCCCC(=O)NC(CO)C(O)CCCCCCCCCCCCCCCCC. The Morgan fingerprint density at radius 2 is 0.701 bits per heavy atom. The van der Waals surface area contributed by atoms with Crippen molar-refractivity contribution in [3.05, 3.63) is 12.2 Å². The third-order valence-corrected chi connectivity index (χ3v) is 14.3. The van der Waals surface area contributed by atoms with Gasteiger partial charge >= 0.3 is 5.97 Å². The Morgan fingerprint density at radius 3 is 1.09 bits per heavy atom. The molecular weight excluding hydrogens is 827 g/mol. The Bertz CT molecular complexity index is 1000. The van der Waals surface area contributed by atoms with Crippen LogP contribution in [-0.2, 0) is 14.3 Å². The second-order valence-electron chi connectivity index (χ2n) is 21.0. The fraction of sp³-hybridized carbons (Fsp3) is 0.934. The molecule has 398 valence electrons. The number of hydrogen-bond donors (Lipinski definition) is 3. The number of ether oxygens (including phenoxy) is 1. The van der Waals surface area contributed by atoms with E-state index in [0.29, 0.717) is 25.9 Å². The lowest BCUT2D eigenvalue weighted by molar-refractivity contribution is -0.143. The van der Waals surface area contributed by atoms with Crippen LogP contribution in [0.4, 0.5) is 0 Å². The first kappa shape index (κ1) is 65.6. The van der Waals surface area contributed by atoms with Gasteiger partial charge in [0.25, 0.3) is 0 Å². The molecule has 0 aromatic carbocycles. The fourth-order valence-corrected chi connectivity index (χ4v) is 9.64. The number of esters is 1. The minimum Gasteiger partial charge on any atom is -0.466 e. The Labute approximate surface area is 419 Å². The molecule has 0 spiro atoms. The van der Waals surface area contributed by atoms with Crippen LogP contribution in [0.2, 0.25) is 0 Å². The first-order chi connectivity index (χ1) is 33.0. The van der Waals surface area contributed by atoms with Gasteiger partial charge in [-0.05, 0) is 51.4 Å². The molecule has 6 heteroatoms. The van der Waals surface area contributed by atoms with Gasteiger partial charge < -0.3 is 20.3 Å². The molecule has 0 aromatic rings. The van der Waals surface area contributed by atoms with Crippen molar-refractivity contribution >= 4 is 11.9 Å². The van der Waals surface area contributed by atoms with Crippen molar-refractivity contribution in [1.29, 1.82) is 0 Å². The van der Waals surface area contributed by atoms with E-state index in [-0.39, 0.29) is 18.5 Å². The maximum Gasteiger partial charge on any atom is 0.305 e.